The summed E-state index contributed by atoms with van der Waals surface area (Å²) < 4.78 is 7.13. The van der Waals surface area contributed by atoms with E-state index in [9.17, 15) is 4.79 Å². The first-order valence-electron chi connectivity index (χ1n) is 12.1. The molecule has 37 heavy (non-hydrogen) atoms. The van der Waals surface area contributed by atoms with Crippen molar-refractivity contribution < 1.29 is 9.53 Å². The van der Waals surface area contributed by atoms with E-state index in [1.54, 1.807) is 6.20 Å². The number of anilines is 2. The predicted molar refractivity (Wildman–Crippen MR) is 150 cm³/mol. The number of hydrogen-bond acceptors (Lipinski definition) is 4. The number of aryl methyl sites for hydroxylation is 2. The van der Waals surface area contributed by atoms with Crippen molar-refractivity contribution in [3.8, 4) is 5.69 Å². The van der Waals surface area contributed by atoms with E-state index in [0.29, 0.717) is 10.8 Å². The number of amides is 1. The van der Waals surface area contributed by atoms with Gasteiger partial charge < -0.3 is 24.8 Å². The van der Waals surface area contributed by atoms with Crippen molar-refractivity contribution in [2.45, 2.75) is 25.9 Å². The molecule has 5 rings (SSSR count). The van der Waals surface area contributed by atoms with Crippen LogP contribution in [0.1, 0.15) is 34.6 Å². The fourth-order valence-corrected chi connectivity index (χ4v) is 5.06. The fraction of sp³-hybridized carbons (Fsp3) is 0.207. The second-order valence-corrected chi connectivity index (χ2v) is 9.48. The molecular weight excluding hydrogens is 482 g/mol. The molecule has 7 nitrogen and oxygen atoms in total. The van der Waals surface area contributed by atoms with Crippen LogP contribution < -0.4 is 15.5 Å². The second kappa shape index (κ2) is 10.5. The molecule has 1 aliphatic heterocycles. The fourth-order valence-electron chi connectivity index (χ4n) is 4.71. The maximum atomic E-state index is 11.9. The first-order valence-corrected chi connectivity index (χ1v) is 12.5. The Morgan fingerprint density at radius 3 is 2.51 bits per heavy atom. The lowest BCUT2D eigenvalue weighted by Crippen LogP contribution is -2.30. The van der Waals surface area contributed by atoms with Gasteiger partial charge in [0.15, 0.2) is 5.11 Å². The molecule has 3 heterocycles. The van der Waals surface area contributed by atoms with Crippen LogP contribution in [0.5, 0.6) is 0 Å². The summed E-state index contributed by atoms with van der Waals surface area (Å²) in [6.45, 7) is 4.25. The van der Waals surface area contributed by atoms with Crippen molar-refractivity contribution in [2.75, 3.05) is 23.9 Å². The number of carbonyl (C=O) groups excluding carboxylic acids is 1. The van der Waals surface area contributed by atoms with Crippen LogP contribution in [0.4, 0.5) is 11.4 Å². The van der Waals surface area contributed by atoms with Gasteiger partial charge in [0.1, 0.15) is 12.6 Å². The number of rotatable bonds is 7. The van der Waals surface area contributed by atoms with E-state index < -0.39 is 0 Å². The average molecular weight is 512 g/mol. The Morgan fingerprint density at radius 2 is 1.81 bits per heavy atom. The quantitative estimate of drug-likeness (QED) is 0.330. The third-order valence-corrected chi connectivity index (χ3v) is 6.97. The molecule has 188 valence electrons. The standard InChI is InChI=1S/C29H29N5O2S/c1-19-9-12-23(17-20(19)2)33-16-6-8-25(33)28-27(24-7-4-5-15-30-24)32-29(37)34(28)22-13-10-21(11-14-22)31-26(35)18-36-3/h4-17,27-28H,18H2,1-3H3,(H,31,35)(H,32,37)/t27-,28-/m1/s1. The number of ether oxygens (including phenoxy) is 1. The van der Waals surface area contributed by atoms with Crippen LogP contribution in [-0.4, -0.2) is 34.3 Å². The summed E-state index contributed by atoms with van der Waals surface area (Å²) in [5.74, 6) is -0.201. The molecule has 2 aromatic carbocycles. The minimum atomic E-state index is -0.201. The predicted octanol–water partition coefficient (Wildman–Crippen LogP) is 5.25. The monoisotopic (exact) mass is 511 g/mol. The number of thiocarbonyl (C=S) groups is 1. The number of carbonyl (C=O) groups is 1. The first-order chi connectivity index (χ1) is 18.0. The molecule has 0 spiro atoms. The van der Waals surface area contributed by atoms with Crippen molar-refractivity contribution in [1.29, 1.82) is 0 Å². The van der Waals surface area contributed by atoms with Crippen LogP contribution in [-0.2, 0) is 9.53 Å². The maximum absolute atomic E-state index is 11.9. The molecule has 2 atom stereocenters. The van der Waals surface area contributed by atoms with E-state index in [2.05, 4.69) is 75.5 Å². The van der Waals surface area contributed by atoms with Gasteiger partial charge in [0.25, 0.3) is 0 Å². The van der Waals surface area contributed by atoms with Crippen molar-refractivity contribution in [2.24, 2.45) is 0 Å². The third-order valence-electron chi connectivity index (χ3n) is 6.65. The normalized spacial score (nSPS) is 17.1. The summed E-state index contributed by atoms with van der Waals surface area (Å²) in [7, 11) is 1.50. The van der Waals surface area contributed by atoms with Gasteiger partial charge in [0.05, 0.1) is 11.7 Å². The van der Waals surface area contributed by atoms with Crippen molar-refractivity contribution >= 4 is 34.6 Å². The van der Waals surface area contributed by atoms with E-state index in [0.717, 1.165) is 22.8 Å². The van der Waals surface area contributed by atoms with Crippen molar-refractivity contribution in [1.82, 2.24) is 14.9 Å². The third kappa shape index (κ3) is 4.98. The van der Waals surface area contributed by atoms with Gasteiger partial charge in [-0.15, -0.1) is 0 Å². The highest BCUT2D eigenvalue weighted by Crippen LogP contribution is 2.42. The minimum absolute atomic E-state index is 0.00515. The number of nitrogens with one attached hydrogen (secondary N) is 2. The molecule has 4 aromatic rings. The lowest BCUT2D eigenvalue weighted by Gasteiger charge is -2.29. The topological polar surface area (TPSA) is 71.4 Å². The minimum Gasteiger partial charge on any atom is -0.375 e. The molecule has 0 bridgehead atoms. The average Bonchev–Trinajstić information content (AvgIpc) is 3.51. The summed E-state index contributed by atoms with van der Waals surface area (Å²) >= 11 is 5.88. The van der Waals surface area contributed by atoms with Gasteiger partial charge >= 0.3 is 0 Å². The lowest BCUT2D eigenvalue weighted by atomic mass is 10.0. The van der Waals surface area contributed by atoms with E-state index in [-0.39, 0.29) is 24.6 Å². The zero-order valence-electron chi connectivity index (χ0n) is 21.0. The highest BCUT2D eigenvalue weighted by Gasteiger charge is 2.42. The largest absolute Gasteiger partial charge is 0.375 e. The number of aromatic nitrogens is 2. The van der Waals surface area contributed by atoms with Gasteiger partial charge in [-0.1, -0.05) is 12.1 Å². The molecular formula is C29H29N5O2S. The Labute approximate surface area is 222 Å². The van der Waals surface area contributed by atoms with E-state index in [1.807, 2.05) is 42.5 Å². The molecule has 0 aliphatic carbocycles. The lowest BCUT2D eigenvalue weighted by molar-refractivity contribution is -0.119. The second-order valence-electron chi connectivity index (χ2n) is 9.10. The van der Waals surface area contributed by atoms with E-state index >= 15 is 0 Å². The van der Waals surface area contributed by atoms with Crippen LogP contribution >= 0.6 is 12.2 Å². The van der Waals surface area contributed by atoms with Crippen LogP contribution in [0.15, 0.2) is 85.2 Å². The molecule has 0 saturated carbocycles. The van der Waals surface area contributed by atoms with Crippen LogP contribution in [0.25, 0.3) is 5.69 Å². The van der Waals surface area contributed by atoms with Crippen LogP contribution in [0.2, 0.25) is 0 Å². The van der Waals surface area contributed by atoms with Gasteiger partial charge in [0, 0.05) is 42.3 Å². The van der Waals surface area contributed by atoms with Gasteiger partial charge in [0.2, 0.25) is 5.91 Å². The Morgan fingerprint density at radius 1 is 1.03 bits per heavy atom. The zero-order valence-corrected chi connectivity index (χ0v) is 21.8. The Balaban J connectivity index is 1.57. The number of methoxy groups -OCH3 is 1. The Kier molecular flexibility index (Phi) is 7.03. The summed E-state index contributed by atoms with van der Waals surface area (Å²) in [5.41, 5.74) is 7.20. The van der Waals surface area contributed by atoms with Gasteiger partial charge in [-0.05, 0) is 97.9 Å². The summed E-state index contributed by atoms with van der Waals surface area (Å²) in [4.78, 5) is 18.7. The summed E-state index contributed by atoms with van der Waals surface area (Å²) in [5, 5.41) is 6.97. The van der Waals surface area contributed by atoms with Crippen molar-refractivity contribution in [3.05, 3.63) is 108 Å². The zero-order chi connectivity index (χ0) is 25.9. The molecule has 8 heteroatoms. The number of benzene rings is 2. The summed E-state index contributed by atoms with van der Waals surface area (Å²) in [6, 6.07) is 24.0. The summed E-state index contributed by atoms with van der Waals surface area (Å²) in [6.07, 6.45) is 3.89. The molecule has 1 amide bonds. The number of pyridine rings is 1. The van der Waals surface area contributed by atoms with Gasteiger partial charge in [-0.3, -0.25) is 9.78 Å². The molecule has 0 unspecified atom stereocenters. The van der Waals surface area contributed by atoms with Gasteiger partial charge in [-0.25, -0.2) is 0 Å². The molecule has 1 saturated heterocycles. The van der Waals surface area contributed by atoms with E-state index in [1.165, 1.54) is 18.2 Å². The Bertz CT molecular complexity index is 1420. The highest BCUT2D eigenvalue weighted by molar-refractivity contribution is 7.80. The SMILES string of the molecule is COCC(=O)Nc1ccc(N2C(=S)N[C@H](c3ccccn3)[C@H]2c2cccn2-c2ccc(C)c(C)c2)cc1. The van der Waals surface area contributed by atoms with Crippen LogP contribution in [0, 0.1) is 13.8 Å². The molecule has 2 N–H and O–H groups in total. The Hall–Kier alpha value is -4.01. The smallest absolute Gasteiger partial charge is 0.250 e. The van der Waals surface area contributed by atoms with Crippen LogP contribution in [0.3, 0.4) is 0 Å². The van der Waals surface area contributed by atoms with Gasteiger partial charge in [-0.2, -0.15) is 0 Å². The highest BCUT2D eigenvalue weighted by atomic mass is 32.1. The number of hydrogen-bond donors (Lipinski definition) is 2. The molecule has 2 aromatic heterocycles. The number of nitrogens with zero attached hydrogens (tertiary/aromatic N) is 3. The maximum Gasteiger partial charge on any atom is 0.250 e. The first kappa shape index (κ1) is 24.7. The van der Waals surface area contributed by atoms with E-state index in [4.69, 9.17) is 17.0 Å². The molecule has 1 aliphatic rings. The van der Waals surface area contributed by atoms with Crippen molar-refractivity contribution in [3.63, 3.8) is 0 Å². The molecule has 1 fully saturated rings. The molecule has 0 radical (unpaired) electrons.